The number of hydrogen-bond donors (Lipinski definition) is 1. The third-order valence-corrected chi connectivity index (χ3v) is 5.81. The summed E-state index contributed by atoms with van der Waals surface area (Å²) in [5.41, 5.74) is 5.27. The topological polar surface area (TPSA) is 88.1 Å². The van der Waals surface area contributed by atoms with E-state index in [-0.39, 0.29) is 24.3 Å². The van der Waals surface area contributed by atoms with Gasteiger partial charge in [-0.2, -0.15) is 0 Å². The number of hydrogen-bond acceptors (Lipinski definition) is 5. The number of aromatic nitrogens is 3. The van der Waals surface area contributed by atoms with Crippen molar-refractivity contribution < 1.29 is 9.59 Å². The monoisotopic (exact) mass is 429 g/mol. The molecule has 2 aromatic heterocycles. The maximum atomic E-state index is 12.4. The minimum absolute atomic E-state index is 0.0438. The highest BCUT2D eigenvalue weighted by atomic mass is 16.2. The fourth-order valence-electron chi connectivity index (χ4n) is 4.10. The number of nitrogens with zero attached hydrogens (tertiary/aromatic N) is 4. The molecule has 0 aliphatic carbocycles. The molecular formula is C25H27N5O2. The highest BCUT2D eigenvalue weighted by Gasteiger charge is 2.27. The second-order valence-corrected chi connectivity index (χ2v) is 8.16. The first-order valence-electron chi connectivity index (χ1n) is 10.9. The molecule has 4 rings (SSSR count). The lowest BCUT2D eigenvalue weighted by atomic mass is 9.88. The molecule has 7 heteroatoms. The molecule has 1 aliphatic rings. The number of piperidine rings is 1. The fourth-order valence-corrected chi connectivity index (χ4v) is 4.10. The van der Waals surface area contributed by atoms with Crippen molar-refractivity contribution in [3.63, 3.8) is 0 Å². The molecule has 164 valence electrons. The van der Waals surface area contributed by atoms with Gasteiger partial charge in [-0.15, -0.1) is 0 Å². The Morgan fingerprint density at radius 2 is 1.84 bits per heavy atom. The Balaban J connectivity index is 1.61. The highest BCUT2D eigenvalue weighted by Crippen LogP contribution is 2.35. The standard InChI is InChI=1S/C25H27N5O2/c1-17-4-3-5-21(14-17)22-15-28-25(20-6-10-26-11-7-20)29-24(22)19-8-12-30(13-9-19)23(32)16-27-18(2)31/h3-7,10-11,14-15,19H,8-9,12-13,16H2,1-2H3,(H,27,31). The first-order valence-corrected chi connectivity index (χ1v) is 10.9. The number of aryl methyl sites for hydroxylation is 1. The zero-order chi connectivity index (χ0) is 22.5. The largest absolute Gasteiger partial charge is 0.347 e. The zero-order valence-electron chi connectivity index (χ0n) is 18.4. The summed E-state index contributed by atoms with van der Waals surface area (Å²) in [6, 6.07) is 12.2. The van der Waals surface area contributed by atoms with Crippen LogP contribution in [0.5, 0.6) is 0 Å². The molecule has 32 heavy (non-hydrogen) atoms. The minimum Gasteiger partial charge on any atom is -0.347 e. The Bertz CT molecular complexity index is 1110. The number of amides is 2. The predicted molar refractivity (Wildman–Crippen MR) is 123 cm³/mol. The van der Waals surface area contributed by atoms with E-state index in [1.807, 2.05) is 23.2 Å². The van der Waals surface area contributed by atoms with Gasteiger partial charge in [0.25, 0.3) is 0 Å². The summed E-state index contributed by atoms with van der Waals surface area (Å²) in [6.07, 6.45) is 7.04. The van der Waals surface area contributed by atoms with E-state index >= 15 is 0 Å². The van der Waals surface area contributed by atoms with Crippen molar-refractivity contribution in [2.24, 2.45) is 0 Å². The van der Waals surface area contributed by atoms with E-state index in [0.29, 0.717) is 18.9 Å². The van der Waals surface area contributed by atoms with Gasteiger partial charge in [0.2, 0.25) is 11.8 Å². The second-order valence-electron chi connectivity index (χ2n) is 8.16. The number of carbonyl (C=O) groups is 2. The van der Waals surface area contributed by atoms with Crippen LogP contribution in [0.1, 0.15) is 36.9 Å². The second kappa shape index (κ2) is 9.68. The van der Waals surface area contributed by atoms with Crippen LogP contribution in [0.25, 0.3) is 22.5 Å². The van der Waals surface area contributed by atoms with E-state index < -0.39 is 0 Å². The maximum absolute atomic E-state index is 12.4. The molecule has 1 aromatic carbocycles. The quantitative estimate of drug-likeness (QED) is 0.672. The van der Waals surface area contributed by atoms with Crippen LogP contribution in [0.3, 0.4) is 0 Å². The van der Waals surface area contributed by atoms with Crippen LogP contribution >= 0.6 is 0 Å². The molecule has 1 fully saturated rings. The van der Waals surface area contributed by atoms with Crippen molar-refractivity contribution in [2.75, 3.05) is 19.6 Å². The molecule has 0 unspecified atom stereocenters. The van der Waals surface area contributed by atoms with E-state index in [1.54, 1.807) is 12.4 Å². The van der Waals surface area contributed by atoms with Gasteiger partial charge in [-0.25, -0.2) is 9.97 Å². The van der Waals surface area contributed by atoms with Crippen LogP contribution in [0.2, 0.25) is 0 Å². The van der Waals surface area contributed by atoms with Gasteiger partial charge in [-0.05, 0) is 37.5 Å². The summed E-state index contributed by atoms with van der Waals surface area (Å²) in [4.78, 5) is 39.1. The number of carbonyl (C=O) groups excluding carboxylic acids is 2. The Morgan fingerprint density at radius 1 is 1.09 bits per heavy atom. The van der Waals surface area contributed by atoms with Gasteiger partial charge in [0.1, 0.15) is 0 Å². The van der Waals surface area contributed by atoms with Crippen LogP contribution < -0.4 is 5.32 Å². The Morgan fingerprint density at radius 3 is 2.53 bits per heavy atom. The number of likely N-dealkylation sites (tertiary alicyclic amines) is 1. The molecule has 0 bridgehead atoms. The minimum atomic E-state index is -0.194. The van der Waals surface area contributed by atoms with Crippen molar-refractivity contribution in [2.45, 2.75) is 32.6 Å². The van der Waals surface area contributed by atoms with Gasteiger partial charge in [-0.1, -0.05) is 29.8 Å². The normalized spacial score (nSPS) is 14.2. The van der Waals surface area contributed by atoms with Gasteiger partial charge in [-0.3, -0.25) is 14.6 Å². The average molecular weight is 430 g/mol. The van der Waals surface area contributed by atoms with Crippen LogP contribution in [0.15, 0.2) is 55.0 Å². The van der Waals surface area contributed by atoms with Gasteiger partial charge >= 0.3 is 0 Å². The summed E-state index contributed by atoms with van der Waals surface area (Å²) in [7, 11) is 0. The van der Waals surface area contributed by atoms with Crippen LogP contribution in [0, 0.1) is 6.92 Å². The molecule has 3 heterocycles. The Kier molecular flexibility index (Phi) is 6.54. The van der Waals surface area contributed by atoms with Crippen LogP contribution in [0.4, 0.5) is 0 Å². The van der Waals surface area contributed by atoms with E-state index in [1.165, 1.54) is 12.5 Å². The molecule has 0 saturated carbocycles. The number of nitrogens with one attached hydrogen (secondary N) is 1. The summed E-state index contributed by atoms with van der Waals surface area (Å²) >= 11 is 0. The first-order chi connectivity index (χ1) is 15.5. The van der Waals surface area contributed by atoms with E-state index in [0.717, 1.165) is 35.2 Å². The molecular weight excluding hydrogens is 402 g/mol. The first kappa shape index (κ1) is 21.6. The fraction of sp³-hybridized carbons (Fsp3) is 0.320. The summed E-state index contributed by atoms with van der Waals surface area (Å²) < 4.78 is 0. The third kappa shape index (κ3) is 4.99. The summed E-state index contributed by atoms with van der Waals surface area (Å²) in [5.74, 6) is 0.667. The van der Waals surface area contributed by atoms with Gasteiger partial charge in [0.15, 0.2) is 5.82 Å². The number of rotatable bonds is 5. The molecule has 0 spiro atoms. The molecule has 2 amide bonds. The lowest BCUT2D eigenvalue weighted by Gasteiger charge is -2.32. The lowest BCUT2D eigenvalue weighted by molar-refractivity contribution is -0.133. The number of benzene rings is 1. The summed E-state index contributed by atoms with van der Waals surface area (Å²) in [5, 5.41) is 2.59. The van der Waals surface area contributed by atoms with Gasteiger partial charge in [0.05, 0.1) is 12.2 Å². The lowest BCUT2D eigenvalue weighted by Crippen LogP contribution is -2.43. The van der Waals surface area contributed by atoms with Gasteiger partial charge < -0.3 is 10.2 Å². The maximum Gasteiger partial charge on any atom is 0.241 e. The van der Waals surface area contributed by atoms with E-state index in [4.69, 9.17) is 4.98 Å². The average Bonchev–Trinajstić information content (AvgIpc) is 2.83. The highest BCUT2D eigenvalue weighted by molar-refractivity contribution is 5.83. The molecule has 1 N–H and O–H groups in total. The van der Waals surface area contributed by atoms with E-state index in [2.05, 4.69) is 46.5 Å². The molecule has 0 atom stereocenters. The Labute approximate surface area is 187 Å². The smallest absolute Gasteiger partial charge is 0.241 e. The van der Waals surface area contributed by atoms with E-state index in [9.17, 15) is 9.59 Å². The number of pyridine rings is 1. The zero-order valence-corrected chi connectivity index (χ0v) is 18.4. The van der Waals surface area contributed by atoms with Crippen molar-refractivity contribution in [1.29, 1.82) is 0 Å². The molecule has 0 radical (unpaired) electrons. The SMILES string of the molecule is CC(=O)NCC(=O)N1CCC(c2nc(-c3ccncc3)ncc2-c2cccc(C)c2)CC1. The van der Waals surface area contributed by atoms with Crippen LogP contribution in [-0.4, -0.2) is 51.3 Å². The van der Waals surface area contributed by atoms with Crippen molar-refractivity contribution in [3.8, 4) is 22.5 Å². The molecule has 1 saturated heterocycles. The van der Waals surface area contributed by atoms with Gasteiger partial charge in [0, 0.05) is 55.6 Å². The van der Waals surface area contributed by atoms with Crippen molar-refractivity contribution >= 4 is 11.8 Å². The molecule has 1 aliphatic heterocycles. The van der Waals surface area contributed by atoms with Crippen molar-refractivity contribution in [1.82, 2.24) is 25.2 Å². The third-order valence-electron chi connectivity index (χ3n) is 5.81. The van der Waals surface area contributed by atoms with Crippen LogP contribution in [-0.2, 0) is 9.59 Å². The summed E-state index contributed by atoms with van der Waals surface area (Å²) in [6.45, 7) is 4.83. The molecule has 3 aromatic rings. The van der Waals surface area contributed by atoms with Crippen molar-refractivity contribution in [3.05, 3.63) is 66.2 Å². The Hall–Kier alpha value is -3.61. The molecule has 7 nitrogen and oxygen atoms in total. The predicted octanol–water partition coefficient (Wildman–Crippen LogP) is 3.36.